The molecule has 0 atom stereocenters. The number of hydrogen-bond acceptors (Lipinski definition) is 5. The molecule has 1 aromatic rings. The number of hydrogen-bond donors (Lipinski definition) is 1. The van der Waals surface area contributed by atoms with Gasteiger partial charge in [0.05, 0.1) is 12.2 Å². The van der Waals surface area contributed by atoms with Gasteiger partial charge in [-0.2, -0.15) is 0 Å². The molecule has 6 heteroatoms. The number of carbonyl (C=O) groups excluding carboxylic acids is 2. The fourth-order valence-electron chi connectivity index (χ4n) is 1.58. The minimum absolute atomic E-state index is 0.120. The van der Waals surface area contributed by atoms with Crippen LogP contribution in [-0.4, -0.2) is 33.8 Å². The number of amides is 2. The average molecular weight is 251 g/mol. The van der Waals surface area contributed by atoms with Crippen molar-refractivity contribution in [3.05, 3.63) is 24.0 Å². The first-order chi connectivity index (χ1) is 8.20. The number of imide groups is 1. The Hall–Kier alpha value is -1.56. The van der Waals surface area contributed by atoms with Gasteiger partial charge in [0.2, 0.25) is 5.91 Å². The molecule has 2 heterocycles. The van der Waals surface area contributed by atoms with Gasteiger partial charge in [-0.3, -0.25) is 19.5 Å². The molecule has 0 aliphatic carbocycles. The van der Waals surface area contributed by atoms with Gasteiger partial charge in [0.25, 0.3) is 5.24 Å². The van der Waals surface area contributed by atoms with Gasteiger partial charge in [0, 0.05) is 31.1 Å². The van der Waals surface area contributed by atoms with Gasteiger partial charge in [-0.1, -0.05) is 11.8 Å². The van der Waals surface area contributed by atoms with Crippen LogP contribution in [0.5, 0.6) is 0 Å². The van der Waals surface area contributed by atoms with Crippen molar-refractivity contribution in [3.63, 3.8) is 0 Å². The summed E-state index contributed by atoms with van der Waals surface area (Å²) in [4.78, 5) is 28.6. The van der Waals surface area contributed by atoms with E-state index in [1.54, 1.807) is 6.20 Å². The topological polar surface area (TPSA) is 62.3 Å². The van der Waals surface area contributed by atoms with E-state index in [4.69, 9.17) is 0 Å². The number of anilines is 1. The van der Waals surface area contributed by atoms with Crippen molar-refractivity contribution >= 4 is 28.6 Å². The third-order valence-electron chi connectivity index (χ3n) is 2.49. The Morgan fingerprint density at radius 3 is 3.06 bits per heavy atom. The zero-order valence-electron chi connectivity index (χ0n) is 9.47. The summed E-state index contributed by atoms with van der Waals surface area (Å²) in [5.74, 6) is 0.462. The van der Waals surface area contributed by atoms with Gasteiger partial charge in [-0.15, -0.1) is 0 Å². The van der Waals surface area contributed by atoms with Crippen molar-refractivity contribution in [3.8, 4) is 0 Å². The van der Waals surface area contributed by atoms with Crippen LogP contribution in [0.1, 0.15) is 12.1 Å². The molecule has 17 heavy (non-hydrogen) atoms. The van der Waals surface area contributed by atoms with Crippen molar-refractivity contribution in [2.24, 2.45) is 0 Å². The van der Waals surface area contributed by atoms with Gasteiger partial charge in [-0.25, -0.2) is 0 Å². The molecule has 2 rings (SSSR count). The van der Waals surface area contributed by atoms with Crippen LogP contribution in [0.4, 0.5) is 10.5 Å². The van der Waals surface area contributed by atoms with E-state index in [1.807, 2.05) is 19.2 Å². The highest BCUT2D eigenvalue weighted by molar-refractivity contribution is 8.13. The van der Waals surface area contributed by atoms with E-state index in [9.17, 15) is 9.59 Å². The maximum atomic E-state index is 11.6. The molecule has 2 amide bonds. The average Bonchev–Trinajstić information content (AvgIpc) is 2.34. The van der Waals surface area contributed by atoms with Crippen molar-refractivity contribution in [1.29, 1.82) is 0 Å². The quantitative estimate of drug-likeness (QED) is 0.886. The van der Waals surface area contributed by atoms with Crippen LogP contribution in [-0.2, 0) is 11.3 Å². The number of nitrogens with zero attached hydrogens (tertiary/aromatic N) is 2. The largest absolute Gasteiger partial charge is 0.388 e. The van der Waals surface area contributed by atoms with E-state index < -0.39 is 0 Å². The molecule has 0 radical (unpaired) electrons. The normalized spacial score (nSPS) is 16.2. The van der Waals surface area contributed by atoms with Crippen LogP contribution >= 0.6 is 11.8 Å². The van der Waals surface area contributed by atoms with E-state index in [-0.39, 0.29) is 17.7 Å². The maximum absolute atomic E-state index is 11.6. The molecule has 1 saturated heterocycles. The molecule has 1 aliphatic heterocycles. The van der Waals surface area contributed by atoms with Crippen molar-refractivity contribution < 1.29 is 9.59 Å². The highest BCUT2D eigenvalue weighted by Gasteiger charge is 2.26. The van der Waals surface area contributed by atoms with Crippen LogP contribution < -0.4 is 5.32 Å². The Morgan fingerprint density at radius 1 is 1.53 bits per heavy atom. The first kappa shape index (κ1) is 11.9. The summed E-state index contributed by atoms with van der Waals surface area (Å²) in [6.45, 7) is 0.250. The lowest BCUT2D eigenvalue weighted by Gasteiger charge is -2.23. The Morgan fingerprint density at radius 2 is 2.35 bits per heavy atom. The Labute approximate surface area is 104 Å². The second-order valence-corrected chi connectivity index (χ2v) is 4.68. The summed E-state index contributed by atoms with van der Waals surface area (Å²) >= 11 is 1.18. The lowest BCUT2D eigenvalue weighted by molar-refractivity contribution is -0.128. The molecule has 0 unspecified atom stereocenters. The Kier molecular flexibility index (Phi) is 3.63. The maximum Gasteiger partial charge on any atom is 0.288 e. The standard InChI is InChI=1S/C11H13N3O2S/c1-12-8-2-4-13-9(6-8)7-14-10(15)3-5-17-11(14)16/h2,4,6H,3,5,7H2,1H3,(H,12,13). The van der Waals surface area contributed by atoms with Crippen molar-refractivity contribution in [1.82, 2.24) is 9.88 Å². The number of nitrogens with one attached hydrogen (secondary N) is 1. The van der Waals surface area contributed by atoms with Crippen LogP contribution in [0.15, 0.2) is 18.3 Å². The van der Waals surface area contributed by atoms with Crippen LogP contribution in [0.3, 0.4) is 0 Å². The molecular weight excluding hydrogens is 238 g/mol. The second kappa shape index (κ2) is 5.18. The molecule has 1 N–H and O–H groups in total. The van der Waals surface area contributed by atoms with Crippen LogP contribution in [0, 0.1) is 0 Å². The lowest BCUT2D eigenvalue weighted by atomic mass is 10.3. The molecule has 1 fully saturated rings. The molecule has 0 saturated carbocycles. The summed E-state index contributed by atoms with van der Waals surface area (Å²) in [7, 11) is 1.81. The number of pyridine rings is 1. The molecular formula is C11H13N3O2S. The van der Waals surface area contributed by atoms with E-state index in [0.717, 1.165) is 5.69 Å². The van der Waals surface area contributed by atoms with Gasteiger partial charge >= 0.3 is 0 Å². The Balaban J connectivity index is 2.13. The van der Waals surface area contributed by atoms with Crippen LogP contribution in [0.2, 0.25) is 0 Å². The summed E-state index contributed by atoms with van der Waals surface area (Å²) in [6.07, 6.45) is 2.08. The number of carbonyl (C=O) groups is 2. The fraction of sp³-hybridized carbons (Fsp3) is 0.364. The molecule has 90 valence electrons. The smallest absolute Gasteiger partial charge is 0.288 e. The molecule has 5 nitrogen and oxygen atoms in total. The number of aromatic nitrogens is 1. The lowest BCUT2D eigenvalue weighted by Crippen LogP contribution is -2.37. The molecule has 0 bridgehead atoms. The molecule has 1 aliphatic rings. The molecule has 0 aromatic carbocycles. The number of rotatable bonds is 3. The second-order valence-electron chi connectivity index (χ2n) is 3.63. The predicted molar refractivity (Wildman–Crippen MR) is 66.8 cm³/mol. The first-order valence-electron chi connectivity index (χ1n) is 5.30. The number of thioether (sulfide) groups is 1. The predicted octanol–water partition coefficient (Wildman–Crippen LogP) is 1.71. The van der Waals surface area contributed by atoms with Crippen LogP contribution in [0.25, 0.3) is 0 Å². The van der Waals surface area contributed by atoms with E-state index in [1.165, 1.54) is 16.7 Å². The molecule has 1 aromatic heterocycles. The highest BCUT2D eigenvalue weighted by atomic mass is 32.2. The zero-order valence-corrected chi connectivity index (χ0v) is 10.3. The summed E-state index contributed by atoms with van der Waals surface area (Å²) < 4.78 is 0. The summed E-state index contributed by atoms with van der Waals surface area (Å²) in [6, 6.07) is 3.66. The first-order valence-corrected chi connectivity index (χ1v) is 6.29. The summed E-state index contributed by atoms with van der Waals surface area (Å²) in [5, 5.41) is 2.81. The van der Waals surface area contributed by atoms with Gasteiger partial charge < -0.3 is 5.32 Å². The fourth-order valence-corrected chi connectivity index (χ4v) is 2.35. The third-order valence-corrected chi connectivity index (χ3v) is 3.36. The minimum Gasteiger partial charge on any atom is -0.388 e. The third kappa shape index (κ3) is 2.76. The van der Waals surface area contributed by atoms with Gasteiger partial charge in [0.1, 0.15) is 0 Å². The van der Waals surface area contributed by atoms with Crippen molar-refractivity contribution in [2.75, 3.05) is 18.1 Å². The highest BCUT2D eigenvalue weighted by Crippen LogP contribution is 2.20. The minimum atomic E-state index is -0.182. The van der Waals surface area contributed by atoms with E-state index >= 15 is 0 Å². The van der Waals surface area contributed by atoms with Crippen molar-refractivity contribution in [2.45, 2.75) is 13.0 Å². The Bertz CT molecular complexity index is 434. The molecule has 0 spiro atoms. The van der Waals surface area contributed by atoms with Gasteiger partial charge in [-0.05, 0) is 12.1 Å². The van der Waals surface area contributed by atoms with E-state index in [0.29, 0.717) is 17.9 Å². The summed E-state index contributed by atoms with van der Waals surface area (Å²) in [5.41, 5.74) is 1.63. The van der Waals surface area contributed by atoms with E-state index in [2.05, 4.69) is 10.3 Å². The zero-order chi connectivity index (χ0) is 12.3. The SMILES string of the molecule is CNc1ccnc(CN2C(=O)CCSC2=O)c1. The monoisotopic (exact) mass is 251 g/mol. The van der Waals surface area contributed by atoms with Gasteiger partial charge in [0.15, 0.2) is 0 Å².